The molecule has 27 heavy (non-hydrogen) atoms. The van der Waals surface area contributed by atoms with E-state index < -0.39 is 5.97 Å². The minimum absolute atomic E-state index is 0.0849. The van der Waals surface area contributed by atoms with Gasteiger partial charge in [-0.15, -0.1) is 0 Å². The van der Waals surface area contributed by atoms with Crippen molar-refractivity contribution in [3.63, 3.8) is 0 Å². The number of nitrogens with zero attached hydrogens (tertiary/aromatic N) is 1. The molecule has 0 amide bonds. The maximum Gasteiger partial charge on any atom is 0.341 e. The fourth-order valence-electron chi connectivity index (χ4n) is 3.15. The first-order chi connectivity index (χ1) is 13.2. The smallest absolute Gasteiger partial charge is 0.341 e. The van der Waals surface area contributed by atoms with Crippen LogP contribution in [0, 0.1) is 0 Å². The summed E-state index contributed by atoms with van der Waals surface area (Å²) in [5.74, 6) is 0.241. The number of aromatic nitrogens is 1. The minimum Gasteiger partial charge on any atom is -0.479 e. The molecular weight excluding hydrogens is 364 g/mol. The van der Waals surface area contributed by atoms with Crippen molar-refractivity contribution in [3.8, 4) is 5.75 Å². The summed E-state index contributed by atoms with van der Waals surface area (Å²) in [7, 11) is 0. The Balaban J connectivity index is 1.75. The summed E-state index contributed by atoms with van der Waals surface area (Å²) in [6.07, 6.45) is 1.90. The highest BCUT2D eigenvalue weighted by molar-refractivity contribution is 6.31. The van der Waals surface area contributed by atoms with Crippen molar-refractivity contribution in [1.82, 2.24) is 4.40 Å². The second-order valence-corrected chi connectivity index (χ2v) is 6.40. The zero-order valence-corrected chi connectivity index (χ0v) is 15.1. The number of rotatable bonds is 5. The Hall–Kier alpha value is -3.02. The molecule has 0 unspecified atom stereocenters. The average Bonchev–Trinajstić information content (AvgIpc) is 3.01. The highest BCUT2D eigenvalue weighted by atomic mass is 35.5. The second-order valence-electron chi connectivity index (χ2n) is 5.99. The van der Waals surface area contributed by atoms with E-state index in [1.807, 2.05) is 59.1 Å². The molecule has 4 aromatic rings. The number of hydrogen-bond donors (Lipinski definition) is 1. The summed E-state index contributed by atoms with van der Waals surface area (Å²) < 4.78 is 12.9. The van der Waals surface area contributed by atoms with Crippen molar-refractivity contribution in [2.75, 3.05) is 6.73 Å². The van der Waals surface area contributed by atoms with Gasteiger partial charge in [-0.25, -0.2) is 4.79 Å². The SMILES string of the molecule is NCOc1ccc2c(C(=O)OCc3ccccc3Cl)c3ccccn3c2c1. The van der Waals surface area contributed by atoms with Gasteiger partial charge in [0.2, 0.25) is 0 Å². The first-order valence-electron chi connectivity index (χ1n) is 8.45. The molecule has 0 fully saturated rings. The summed E-state index contributed by atoms with van der Waals surface area (Å²) >= 11 is 6.15. The second kappa shape index (κ2) is 7.31. The lowest BCUT2D eigenvalue weighted by molar-refractivity contribution is 0.0477. The van der Waals surface area contributed by atoms with Crippen LogP contribution in [0.4, 0.5) is 0 Å². The van der Waals surface area contributed by atoms with Crippen LogP contribution in [0.25, 0.3) is 16.4 Å². The third-order valence-electron chi connectivity index (χ3n) is 4.38. The molecule has 2 aromatic heterocycles. The number of esters is 1. The van der Waals surface area contributed by atoms with E-state index in [4.69, 9.17) is 26.8 Å². The van der Waals surface area contributed by atoms with Crippen molar-refractivity contribution in [2.24, 2.45) is 5.73 Å². The maximum atomic E-state index is 12.9. The molecule has 0 aliphatic rings. The van der Waals surface area contributed by atoms with Gasteiger partial charge in [-0.1, -0.05) is 35.9 Å². The molecule has 4 rings (SSSR count). The van der Waals surface area contributed by atoms with Gasteiger partial charge in [-0.3, -0.25) is 5.73 Å². The van der Waals surface area contributed by atoms with Crippen molar-refractivity contribution in [1.29, 1.82) is 0 Å². The highest BCUT2D eigenvalue weighted by Gasteiger charge is 2.20. The van der Waals surface area contributed by atoms with Crippen molar-refractivity contribution >= 4 is 34.0 Å². The molecule has 0 aliphatic heterocycles. The van der Waals surface area contributed by atoms with Crippen LogP contribution in [0.5, 0.6) is 5.75 Å². The molecule has 2 heterocycles. The Labute approximate surface area is 160 Å². The number of benzene rings is 2. The van der Waals surface area contributed by atoms with Crippen LogP contribution in [-0.4, -0.2) is 17.1 Å². The number of fused-ring (bicyclic) bond motifs is 3. The van der Waals surface area contributed by atoms with Gasteiger partial charge >= 0.3 is 5.97 Å². The standard InChI is InChI=1S/C21H17ClN2O3/c22-17-6-2-1-5-14(17)12-26-21(25)20-16-9-8-15(27-13-23)11-19(16)24-10-4-3-7-18(20)24/h1-11H,12-13,23H2. The van der Waals surface area contributed by atoms with E-state index in [1.165, 1.54) is 0 Å². The molecule has 136 valence electrons. The summed E-state index contributed by atoms with van der Waals surface area (Å²) in [6, 6.07) is 18.5. The molecular formula is C21H17ClN2O3. The molecule has 0 atom stereocenters. The molecule has 0 saturated heterocycles. The zero-order valence-electron chi connectivity index (χ0n) is 14.4. The van der Waals surface area contributed by atoms with Crippen LogP contribution in [-0.2, 0) is 11.3 Å². The van der Waals surface area contributed by atoms with Crippen LogP contribution in [0.1, 0.15) is 15.9 Å². The van der Waals surface area contributed by atoms with E-state index in [1.54, 1.807) is 12.1 Å². The van der Waals surface area contributed by atoms with Gasteiger partial charge in [0, 0.05) is 28.2 Å². The molecule has 0 aliphatic carbocycles. The van der Waals surface area contributed by atoms with Crippen LogP contribution < -0.4 is 10.5 Å². The molecule has 2 N–H and O–H groups in total. The quantitative estimate of drug-likeness (QED) is 0.411. The third-order valence-corrected chi connectivity index (χ3v) is 4.75. The Morgan fingerprint density at radius 1 is 1.04 bits per heavy atom. The van der Waals surface area contributed by atoms with Gasteiger partial charge in [0.15, 0.2) is 0 Å². The fourth-order valence-corrected chi connectivity index (χ4v) is 3.34. The first kappa shape index (κ1) is 17.4. The lowest BCUT2D eigenvalue weighted by atomic mass is 10.1. The molecule has 0 radical (unpaired) electrons. The molecule has 6 heteroatoms. The Morgan fingerprint density at radius 2 is 1.85 bits per heavy atom. The van der Waals surface area contributed by atoms with E-state index >= 15 is 0 Å². The van der Waals surface area contributed by atoms with Crippen molar-refractivity contribution in [3.05, 3.63) is 83.0 Å². The average molecular weight is 381 g/mol. The number of hydrogen-bond acceptors (Lipinski definition) is 4. The van der Waals surface area contributed by atoms with E-state index in [0.29, 0.717) is 16.3 Å². The lowest BCUT2D eigenvalue weighted by Gasteiger charge is -2.07. The van der Waals surface area contributed by atoms with E-state index in [9.17, 15) is 4.79 Å². The Bertz CT molecular complexity index is 1140. The van der Waals surface area contributed by atoms with Gasteiger partial charge in [0.1, 0.15) is 19.1 Å². The van der Waals surface area contributed by atoms with Gasteiger partial charge in [0.25, 0.3) is 0 Å². The van der Waals surface area contributed by atoms with Gasteiger partial charge in [0.05, 0.1) is 16.6 Å². The topological polar surface area (TPSA) is 66.0 Å². The van der Waals surface area contributed by atoms with Crippen molar-refractivity contribution in [2.45, 2.75) is 6.61 Å². The fraction of sp³-hybridized carbons (Fsp3) is 0.0952. The van der Waals surface area contributed by atoms with Gasteiger partial charge in [-0.2, -0.15) is 0 Å². The third kappa shape index (κ3) is 3.23. The summed E-state index contributed by atoms with van der Waals surface area (Å²) in [6.45, 7) is 0.195. The van der Waals surface area contributed by atoms with E-state index in [0.717, 1.165) is 22.0 Å². The number of ether oxygens (including phenoxy) is 2. The van der Waals surface area contributed by atoms with Crippen LogP contribution in [0.15, 0.2) is 66.9 Å². The normalized spacial score (nSPS) is 11.0. The predicted octanol–water partition coefficient (Wildman–Crippen LogP) is 4.40. The predicted molar refractivity (Wildman–Crippen MR) is 105 cm³/mol. The molecule has 0 saturated carbocycles. The number of pyridine rings is 1. The van der Waals surface area contributed by atoms with Gasteiger partial charge in [-0.05, 0) is 30.3 Å². The maximum absolute atomic E-state index is 12.9. The Morgan fingerprint density at radius 3 is 2.67 bits per heavy atom. The number of nitrogens with two attached hydrogens (primary N) is 1. The largest absolute Gasteiger partial charge is 0.479 e. The molecule has 5 nitrogen and oxygen atoms in total. The Kier molecular flexibility index (Phi) is 4.71. The van der Waals surface area contributed by atoms with Gasteiger partial charge < -0.3 is 13.9 Å². The number of carbonyl (C=O) groups is 1. The zero-order chi connectivity index (χ0) is 18.8. The number of carbonyl (C=O) groups excluding carboxylic acids is 1. The van der Waals surface area contributed by atoms with E-state index in [-0.39, 0.29) is 13.3 Å². The molecule has 2 aromatic carbocycles. The number of halogens is 1. The van der Waals surface area contributed by atoms with Crippen LogP contribution in [0.2, 0.25) is 5.02 Å². The van der Waals surface area contributed by atoms with Crippen LogP contribution >= 0.6 is 11.6 Å². The minimum atomic E-state index is -0.402. The van der Waals surface area contributed by atoms with E-state index in [2.05, 4.69) is 0 Å². The first-order valence-corrected chi connectivity index (χ1v) is 8.83. The summed E-state index contributed by atoms with van der Waals surface area (Å²) in [5.41, 5.74) is 8.35. The molecule has 0 bridgehead atoms. The lowest BCUT2D eigenvalue weighted by Crippen LogP contribution is -2.07. The molecule has 0 spiro atoms. The van der Waals surface area contributed by atoms with Crippen LogP contribution in [0.3, 0.4) is 0 Å². The summed E-state index contributed by atoms with van der Waals surface area (Å²) in [4.78, 5) is 12.9. The highest BCUT2D eigenvalue weighted by Crippen LogP contribution is 2.30. The summed E-state index contributed by atoms with van der Waals surface area (Å²) in [5, 5.41) is 1.36. The monoisotopic (exact) mass is 380 g/mol. The van der Waals surface area contributed by atoms with Crippen molar-refractivity contribution < 1.29 is 14.3 Å².